The molecule has 0 saturated carbocycles. The first-order valence-corrected chi connectivity index (χ1v) is 6.08. The average molecular weight is 266 g/mol. The molecule has 4 nitrogen and oxygen atoms in total. The molecule has 0 radical (unpaired) electrons. The Morgan fingerprint density at radius 1 is 0.950 bits per heavy atom. The first-order valence-electron chi connectivity index (χ1n) is 6.08. The number of carbonyl (C=O) groups excluding carboxylic acids is 3. The Morgan fingerprint density at radius 2 is 1.60 bits per heavy atom. The normalized spacial score (nSPS) is 14.4. The van der Waals surface area contributed by atoms with Crippen LogP contribution >= 0.6 is 0 Å². The van der Waals surface area contributed by atoms with Crippen LogP contribution in [0.25, 0.3) is 0 Å². The summed E-state index contributed by atoms with van der Waals surface area (Å²) >= 11 is 0. The molecular weight excluding hydrogens is 256 g/mol. The van der Waals surface area contributed by atoms with Crippen LogP contribution in [0.15, 0.2) is 58.2 Å². The largest absolute Gasteiger partial charge is 0.461 e. The number of Topliss-reactive ketones (excluding diaryl/α,β-unsaturated/α-hetero) is 3. The fourth-order valence-electron chi connectivity index (χ4n) is 2.30. The molecule has 1 aliphatic carbocycles. The number of hydrogen-bond donors (Lipinski definition) is 0. The summed E-state index contributed by atoms with van der Waals surface area (Å²) in [5, 5.41) is 0. The van der Waals surface area contributed by atoms with Gasteiger partial charge in [-0.05, 0) is 19.1 Å². The van der Waals surface area contributed by atoms with Gasteiger partial charge in [-0.15, -0.1) is 0 Å². The molecule has 3 rings (SSSR count). The zero-order valence-electron chi connectivity index (χ0n) is 10.7. The standard InChI is InChI=1S/C16H10O4/c1-9-13(16(19)12-7-4-8-20-12)15(18)11-6-3-2-5-10(11)14(9)17/h2-8H,1H3. The fourth-order valence-corrected chi connectivity index (χ4v) is 2.30. The smallest absolute Gasteiger partial charge is 0.232 e. The van der Waals surface area contributed by atoms with Gasteiger partial charge in [-0.2, -0.15) is 0 Å². The number of hydrogen-bond acceptors (Lipinski definition) is 4. The predicted octanol–water partition coefficient (Wildman–Crippen LogP) is 2.86. The van der Waals surface area contributed by atoms with Gasteiger partial charge in [0, 0.05) is 16.7 Å². The second kappa shape index (κ2) is 4.42. The molecular formula is C16H10O4. The van der Waals surface area contributed by atoms with E-state index in [1.165, 1.54) is 19.3 Å². The van der Waals surface area contributed by atoms with Crippen LogP contribution in [0.1, 0.15) is 38.2 Å². The van der Waals surface area contributed by atoms with Gasteiger partial charge in [0.15, 0.2) is 17.3 Å². The summed E-state index contributed by atoms with van der Waals surface area (Å²) in [7, 11) is 0. The number of rotatable bonds is 2. The maximum absolute atomic E-state index is 12.4. The second-order valence-electron chi connectivity index (χ2n) is 4.51. The van der Waals surface area contributed by atoms with Crippen molar-refractivity contribution >= 4 is 17.3 Å². The molecule has 1 heterocycles. The molecule has 1 aliphatic rings. The minimum atomic E-state index is -0.555. The van der Waals surface area contributed by atoms with E-state index in [1.54, 1.807) is 30.3 Å². The number of benzene rings is 1. The molecule has 0 fully saturated rings. The number of allylic oxidation sites excluding steroid dienone is 2. The molecule has 0 spiro atoms. The molecule has 4 heteroatoms. The first-order chi connectivity index (χ1) is 9.61. The molecule has 1 aromatic carbocycles. The summed E-state index contributed by atoms with van der Waals surface area (Å²) in [5.41, 5.74) is 0.655. The lowest BCUT2D eigenvalue weighted by Gasteiger charge is -2.17. The zero-order valence-corrected chi connectivity index (χ0v) is 10.7. The van der Waals surface area contributed by atoms with Crippen LogP contribution in [0.5, 0.6) is 0 Å². The van der Waals surface area contributed by atoms with Crippen molar-refractivity contribution in [2.75, 3.05) is 0 Å². The number of furan rings is 1. The molecule has 0 aliphatic heterocycles. The highest BCUT2D eigenvalue weighted by Crippen LogP contribution is 2.28. The summed E-state index contributed by atoms with van der Waals surface area (Å²) in [6.45, 7) is 1.49. The van der Waals surface area contributed by atoms with E-state index < -0.39 is 11.6 Å². The van der Waals surface area contributed by atoms with Crippen LogP contribution in [0, 0.1) is 0 Å². The molecule has 1 aromatic heterocycles. The van der Waals surface area contributed by atoms with Crippen molar-refractivity contribution in [1.82, 2.24) is 0 Å². The van der Waals surface area contributed by atoms with Gasteiger partial charge in [0.1, 0.15) is 0 Å². The Morgan fingerprint density at radius 3 is 2.20 bits per heavy atom. The Balaban J connectivity index is 2.17. The highest BCUT2D eigenvalue weighted by Gasteiger charge is 2.34. The lowest BCUT2D eigenvalue weighted by molar-refractivity contribution is 0.0917. The summed E-state index contributed by atoms with van der Waals surface area (Å²) in [6.07, 6.45) is 1.35. The monoisotopic (exact) mass is 266 g/mol. The van der Waals surface area contributed by atoms with E-state index in [4.69, 9.17) is 4.42 Å². The Bertz CT molecular complexity index is 764. The highest BCUT2D eigenvalue weighted by molar-refractivity contribution is 6.38. The maximum atomic E-state index is 12.4. The fraction of sp³-hybridized carbons (Fsp3) is 0.0625. The number of fused-ring (bicyclic) bond motifs is 1. The van der Waals surface area contributed by atoms with Gasteiger partial charge >= 0.3 is 0 Å². The minimum absolute atomic E-state index is 0.0554. The number of carbonyl (C=O) groups is 3. The van der Waals surface area contributed by atoms with Gasteiger partial charge in [0.2, 0.25) is 5.78 Å². The molecule has 0 saturated heterocycles. The lowest BCUT2D eigenvalue weighted by atomic mass is 9.82. The van der Waals surface area contributed by atoms with Gasteiger partial charge in [-0.25, -0.2) is 0 Å². The SMILES string of the molecule is CC1=C(C(=O)c2ccco2)C(=O)c2ccccc2C1=O. The summed E-state index contributed by atoms with van der Waals surface area (Å²) in [6, 6.07) is 9.54. The zero-order chi connectivity index (χ0) is 14.3. The van der Waals surface area contributed by atoms with E-state index in [9.17, 15) is 14.4 Å². The van der Waals surface area contributed by atoms with Crippen molar-refractivity contribution in [2.45, 2.75) is 6.92 Å². The van der Waals surface area contributed by atoms with Crippen LogP contribution < -0.4 is 0 Å². The summed E-state index contributed by atoms with van der Waals surface area (Å²) in [4.78, 5) is 37.0. The van der Waals surface area contributed by atoms with E-state index in [0.717, 1.165) is 0 Å². The van der Waals surface area contributed by atoms with Crippen molar-refractivity contribution in [1.29, 1.82) is 0 Å². The van der Waals surface area contributed by atoms with Crippen LogP contribution in [0.2, 0.25) is 0 Å². The molecule has 2 aromatic rings. The van der Waals surface area contributed by atoms with E-state index in [-0.39, 0.29) is 28.3 Å². The average Bonchev–Trinajstić information content (AvgIpc) is 2.99. The minimum Gasteiger partial charge on any atom is -0.461 e. The second-order valence-corrected chi connectivity index (χ2v) is 4.51. The summed E-state index contributed by atoms with van der Waals surface area (Å²) in [5.74, 6) is -1.23. The molecule has 0 amide bonds. The van der Waals surface area contributed by atoms with Crippen LogP contribution in [0.3, 0.4) is 0 Å². The third-order valence-corrected chi connectivity index (χ3v) is 3.33. The van der Waals surface area contributed by atoms with Crippen molar-refractivity contribution in [3.63, 3.8) is 0 Å². The third-order valence-electron chi connectivity index (χ3n) is 3.33. The molecule has 0 unspecified atom stereocenters. The molecule has 20 heavy (non-hydrogen) atoms. The van der Waals surface area contributed by atoms with E-state index in [0.29, 0.717) is 5.56 Å². The van der Waals surface area contributed by atoms with Gasteiger partial charge in [0.05, 0.1) is 11.8 Å². The lowest BCUT2D eigenvalue weighted by Crippen LogP contribution is -2.25. The first kappa shape index (κ1) is 12.3. The van der Waals surface area contributed by atoms with Crippen molar-refractivity contribution in [3.8, 4) is 0 Å². The van der Waals surface area contributed by atoms with Gasteiger partial charge in [-0.3, -0.25) is 14.4 Å². The molecule has 0 bridgehead atoms. The van der Waals surface area contributed by atoms with Crippen LogP contribution in [-0.2, 0) is 0 Å². The molecule has 0 N–H and O–H groups in total. The predicted molar refractivity (Wildman–Crippen MR) is 70.8 cm³/mol. The molecule has 98 valence electrons. The van der Waals surface area contributed by atoms with Crippen molar-refractivity contribution in [3.05, 3.63) is 70.7 Å². The molecule has 0 atom stereocenters. The maximum Gasteiger partial charge on any atom is 0.232 e. The van der Waals surface area contributed by atoms with Crippen LogP contribution in [-0.4, -0.2) is 17.3 Å². The van der Waals surface area contributed by atoms with Crippen molar-refractivity contribution in [2.24, 2.45) is 0 Å². The summed E-state index contributed by atoms with van der Waals surface area (Å²) < 4.78 is 5.02. The Kier molecular flexibility index (Phi) is 2.71. The van der Waals surface area contributed by atoms with E-state index in [2.05, 4.69) is 0 Å². The van der Waals surface area contributed by atoms with Gasteiger partial charge in [0.25, 0.3) is 0 Å². The Labute approximate surface area is 114 Å². The van der Waals surface area contributed by atoms with Crippen LogP contribution in [0.4, 0.5) is 0 Å². The number of ketones is 3. The van der Waals surface area contributed by atoms with E-state index in [1.807, 2.05) is 0 Å². The topological polar surface area (TPSA) is 64.3 Å². The quantitative estimate of drug-likeness (QED) is 0.619. The van der Waals surface area contributed by atoms with Gasteiger partial charge < -0.3 is 4.42 Å². The highest BCUT2D eigenvalue weighted by atomic mass is 16.3. The van der Waals surface area contributed by atoms with E-state index >= 15 is 0 Å². The Hall–Kier alpha value is -2.75. The van der Waals surface area contributed by atoms with Crippen molar-refractivity contribution < 1.29 is 18.8 Å². The van der Waals surface area contributed by atoms with Gasteiger partial charge in [-0.1, -0.05) is 24.3 Å². The third kappa shape index (κ3) is 1.66.